The molecule has 0 aliphatic heterocycles. The summed E-state index contributed by atoms with van der Waals surface area (Å²) in [5.41, 5.74) is 5.80. The summed E-state index contributed by atoms with van der Waals surface area (Å²) in [6.45, 7) is 2.39. The van der Waals surface area contributed by atoms with Crippen molar-refractivity contribution in [3.8, 4) is 0 Å². The minimum atomic E-state index is -0.0843. The molecular weight excluding hydrogens is 194 g/mol. The molecule has 4 N–H and O–H groups in total. The predicted octanol–water partition coefficient (Wildman–Crippen LogP) is -0.634. The van der Waals surface area contributed by atoms with E-state index < -0.39 is 0 Å². The molecule has 0 heterocycles. The molecule has 1 aliphatic carbocycles. The predicted molar refractivity (Wildman–Crippen MR) is 57.0 cm³/mol. The number of hydrogen-bond donors (Lipinski definition) is 3. The Morgan fingerprint density at radius 1 is 1.33 bits per heavy atom. The fraction of sp³-hybridized carbons (Fsp3) is 0.800. The van der Waals surface area contributed by atoms with Gasteiger partial charge in [-0.05, 0) is 18.8 Å². The van der Waals surface area contributed by atoms with E-state index >= 15 is 0 Å². The summed E-state index contributed by atoms with van der Waals surface area (Å²) in [7, 11) is 0. The van der Waals surface area contributed by atoms with E-state index in [4.69, 9.17) is 5.73 Å². The average Bonchev–Trinajstić information content (AvgIpc) is 2.94. The second-order valence-corrected chi connectivity index (χ2v) is 4.04. The van der Waals surface area contributed by atoms with E-state index in [1.165, 1.54) is 6.92 Å². The minimum Gasteiger partial charge on any atom is -0.355 e. The summed E-state index contributed by atoms with van der Waals surface area (Å²) in [5.74, 6) is 0.435. The summed E-state index contributed by atoms with van der Waals surface area (Å²) >= 11 is 0. The van der Waals surface area contributed by atoms with Crippen LogP contribution < -0.4 is 16.4 Å². The molecule has 1 atom stereocenters. The van der Waals surface area contributed by atoms with Gasteiger partial charge in [-0.25, -0.2) is 0 Å². The van der Waals surface area contributed by atoms with Gasteiger partial charge in [0.25, 0.3) is 0 Å². The molecule has 0 aromatic carbocycles. The fourth-order valence-corrected chi connectivity index (χ4v) is 1.42. The Morgan fingerprint density at radius 2 is 1.93 bits per heavy atom. The lowest BCUT2D eigenvalue weighted by molar-refractivity contribution is -0.122. The molecule has 15 heavy (non-hydrogen) atoms. The molecule has 2 amide bonds. The first kappa shape index (κ1) is 12.0. The molecule has 0 bridgehead atoms. The first-order valence-electron chi connectivity index (χ1n) is 5.36. The monoisotopic (exact) mass is 213 g/mol. The number of nitrogens with one attached hydrogen (secondary N) is 2. The first-order chi connectivity index (χ1) is 7.09. The first-order valence-corrected chi connectivity index (χ1v) is 5.36. The van der Waals surface area contributed by atoms with Crippen LogP contribution >= 0.6 is 0 Å². The maximum absolute atomic E-state index is 11.3. The molecule has 1 aliphatic rings. The molecule has 0 spiro atoms. The van der Waals surface area contributed by atoms with Crippen molar-refractivity contribution in [1.29, 1.82) is 0 Å². The van der Waals surface area contributed by atoms with E-state index in [0.29, 0.717) is 25.4 Å². The number of amides is 2. The number of hydrogen-bond acceptors (Lipinski definition) is 3. The summed E-state index contributed by atoms with van der Waals surface area (Å²) in [4.78, 5) is 21.8. The van der Waals surface area contributed by atoms with Crippen molar-refractivity contribution in [3.63, 3.8) is 0 Å². The zero-order valence-electron chi connectivity index (χ0n) is 9.08. The van der Waals surface area contributed by atoms with Gasteiger partial charge in [0.05, 0.1) is 0 Å². The van der Waals surface area contributed by atoms with Crippen molar-refractivity contribution in [2.45, 2.75) is 32.2 Å². The lowest BCUT2D eigenvalue weighted by Gasteiger charge is -2.10. The van der Waals surface area contributed by atoms with Crippen molar-refractivity contribution < 1.29 is 9.59 Å². The van der Waals surface area contributed by atoms with E-state index in [-0.39, 0.29) is 17.9 Å². The smallest absolute Gasteiger partial charge is 0.221 e. The van der Waals surface area contributed by atoms with Crippen LogP contribution in [0.15, 0.2) is 0 Å². The van der Waals surface area contributed by atoms with E-state index in [9.17, 15) is 9.59 Å². The van der Waals surface area contributed by atoms with Crippen LogP contribution in [0.1, 0.15) is 26.2 Å². The Balaban J connectivity index is 2.00. The summed E-state index contributed by atoms with van der Waals surface area (Å²) < 4.78 is 0. The standard InChI is InChI=1S/C10H19N3O2/c1-7(14)12-4-5-13-10(15)6-9(11)8-2-3-8/h8-9H,2-6,11H2,1H3,(H,12,14)(H,13,15). The van der Waals surface area contributed by atoms with Gasteiger partial charge in [-0.3, -0.25) is 9.59 Å². The van der Waals surface area contributed by atoms with Gasteiger partial charge in [0.15, 0.2) is 0 Å². The van der Waals surface area contributed by atoms with Gasteiger partial charge in [-0.15, -0.1) is 0 Å². The molecule has 1 fully saturated rings. The van der Waals surface area contributed by atoms with Crippen LogP contribution in [0, 0.1) is 5.92 Å². The van der Waals surface area contributed by atoms with E-state index in [1.54, 1.807) is 0 Å². The van der Waals surface area contributed by atoms with Crippen LogP contribution in [-0.2, 0) is 9.59 Å². The van der Waals surface area contributed by atoms with Crippen LogP contribution in [0.4, 0.5) is 0 Å². The molecule has 1 unspecified atom stereocenters. The zero-order valence-corrected chi connectivity index (χ0v) is 9.08. The highest BCUT2D eigenvalue weighted by Gasteiger charge is 2.29. The van der Waals surface area contributed by atoms with Crippen LogP contribution in [-0.4, -0.2) is 30.9 Å². The maximum Gasteiger partial charge on any atom is 0.221 e. The van der Waals surface area contributed by atoms with Gasteiger partial charge >= 0.3 is 0 Å². The van der Waals surface area contributed by atoms with Gasteiger partial charge < -0.3 is 16.4 Å². The van der Waals surface area contributed by atoms with Gasteiger partial charge in [0, 0.05) is 32.5 Å². The maximum atomic E-state index is 11.3. The van der Waals surface area contributed by atoms with Crippen molar-refractivity contribution in [1.82, 2.24) is 10.6 Å². The highest BCUT2D eigenvalue weighted by molar-refractivity contribution is 5.76. The molecule has 0 aromatic heterocycles. The molecule has 0 aromatic rings. The Kier molecular flexibility index (Phi) is 4.55. The minimum absolute atomic E-state index is 0.00534. The van der Waals surface area contributed by atoms with Crippen molar-refractivity contribution in [2.75, 3.05) is 13.1 Å². The van der Waals surface area contributed by atoms with Crippen LogP contribution in [0.25, 0.3) is 0 Å². The van der Waals surface area contributed by atoms with Gasteiger partial charge in [-0.2, -0.15) is 0 Å². The normalized spacial score (nSPS) is 16.9. The van der Waals surface area contributed by atoms with Crippen LogP contribution in [0.3, 0.4) is 0 Å². The molecule has 1 rings (SSSR count). The number of nitrogens with two attached hydrogens (primary N) is 1. The lowest BCUT2D eigenvalue weighted by Crippen LogP contribution is -2.37. The quantitative estimate of drug-likeness (QED) is 0.513. The summed E-state index contributed by atoms with van der Waals surface area (Å²) in [6.07, 6.45) is 2.70. The highest BCUT2D eigenvalue weighted by Crippen LogP contribution is 2.32. The topological polar surface area (TPSA) is 84.2 Å². The molecule has 5 nitrogen and oxygen atoms in total. The van der Waals surface area contributed by atoms with Crippen LogP contribution in [0.5, 0.6) is 0 Å². The molecular formula is C10H19N3O2. The van der Waals surface area contributed by atoms with Gasteiger partial charge in [0.2, 0.25) is 11.8 Å². The van der Waals surface area contributed by atoms with Crippen molar-refractivity contribution in [3.05, 3.63) is 0 Å². The summed E-state index contributed by atoms with van der Waals surface area (Å²) in [6, 6.07) is 0.00534. The van der Waals surface area contributed by atoms with E-state index in [0.717, 1.165) is 12.8 Å². The average molecular weight is 213 g/mol. The Labute approximate surface area is 89.8 Å². The van der Waals surface area contributed by atoms with Crippen LogP contribution in [0.2, 0.25) is 0 Å². The number of rotatable bonds is 6. The number of carbonyl (C=O) groups excluding carboxylic acids is 2. The van der Waals surface area contributed by atoms with E-state index in [2.05, 4.69) is 10.6 Å². The largest absolute Gasteiger partial charge is 0.355 e. The SMILES string of the molecule is CC(=O)NCCNC(=O)CC(N)C1CC1. The fourth-order valence-electron chi connectivity index (χ4n) is 1.42. The molecule has 0 radical (unpaired) electrons. The molecule has 1 saturated carbocycles. The highest BCUT2D eigenvalue weighted by atomic mass is 16.2. The Hall–Kier alpha value is -1.10. The second-order valence-electron chi connectivity index (χ2n) is 4.04. The lowest BCUT2D eigenvalue weighted by atomic mass is 10.1. The van der Waals surface area contributed by atoms with Crippen molar-refractivity contribution in [2.24, 2.45) is 11.7 Å². The Bertz CT molecular complexity index is 239. The number of carbonyl (C=O) groups is 2. The molecule has 86 valence electrons. The zero-order chi connectivity index (χ0) is 11.3. The third-order valence-electron chi connectivity index (χ3n) is 2.47. The Morgan fingerprint density at radius 3 is 2.47 bits per heavy atom. The van der Waals surface area contributed by atoms with Gasteiger partial charge in [-0.1, -0.05) is 0 Å². The summed E-state index contributed by atoms with van der Waals surface area (Å²) in [5, 5.41) is 5.32. The second kappa shape index (κ2) is 5.70. The van der Waals surface area contributed by atoms with Gasteiger partial charge in [0.1, 0.15) is 0 Å². The molecule has 5 heteroatoms. The third kappa shape index (κ3) is 5.37. The van der Waals surface area contributed by atoms with E-state index in [1.807, 2.05) is 0 Å². The molecule has 0 saturated heterocycles. The third-order valence-corrected chi connectivity index (χ3v) is 2.47. The van der Waals surface area contributed by atoms with Crippen molar-refractivity contribution >= 4 is 11.8 Å².